The highest BCUT2D eigenvalue weighted by Gasteiger charge is 2.17. The van der Waals surface area contributed by atoms with Gasteiger partial charge in [0.25, 0.3) is 0 Å². The van der Waals surface area contributed by atoms with Crippen LogP contribution in [0.3, 0.4) is 0 Å². The molecule has 1 N–H and O–H groups in total. The molecule has 15 heavy (non-hydrogen) atoms. The Kier molecular flexibility index (Phi) is 3.38. The third-order valence-electron chi connectivity index (χ3n) is 3.19. The summed E-state index contributed by atoms with van der Waals surface area (Å²) in [6.07, 6.45) is 3.93. The molecule has 4 heteroatoms. The zero-order chi connectivity index (χ0) is 10.7. The number of hydrogen-bond donors (Lipinski definition) is 1. The predicted molar refractivity (Wildman–Crippen MR) is 60.9 cm³/mol. The summed E-state index contributed by atoms with van der Waals surface area (Å²) in [5.41, 5.74) is 0. The van der Waals surface area contributed by atoms with Gasteiger partial charge in [0.1, 0.15) is 5.82 Å². The van der Waals surface area contributed by atoms with Crippen LogP contribution in [0.5, 0.6) is 0 Å². The number of imidazole rings is 1. The van der Waals surface area contributed by atoms with Crippen LogP contribution in [0.4, 0.5) is 0 Å². The van der Waals surface area contributed by atoms with E-state index in [9.17, 15) is 0 Å². The maximum atomic E-state index is 4.23. The normalized spacial score (nSPS) is 23.2. The number of hydrogen-bond acceptors (Lipinski definition) is 3. The van der Waals surface area contributed by atoms with Gasteiger partial charge in [-0.15, -0.1) is 0 Å². The lowest BCUT2D eigenvalue weighted by Gasteiger charge is -2.33. The van der Waals surface area contributed by atoms with Gasteiger partial charge in [-0.05, 0) is 13.8 Å². The van der Waals surface area contributed by atoms with Gasteiger partial charge in [-0.25, -0.2) is 4.98 Å². The second-order valence-corrected chi connectivity index (χ2v) is 4.26. The second-order valence-electron chi connectivity index (χ2n) is 4.26. The Labute approximate surface area is 91.3 Å². The molecule has 0 amide bonds. The highest BCUT2D eigenvalue weighted by atomic mass is 15.2. The Morgan fingerprint density at radius 2 is 2.40 bits per heavy atom. The molecule has 0 aromatic carbocycles. The molecule has 4 nitrogen and oxygen atoms in total. The zero-order valence-electron chi connectivity index (χ0n) is 9.61. The van der Waals surface area contributed by atoms with Crippen LogP contribution in [0.1, 0.15) is 12.7 Å². The molecule has 0 saturated carbocycles. The Bertz CT molecular complexity index is 307. The first-order chi connectivity index (χ1) is 7.27. The van der Waals surface area contributed by atoms with Crippen LogP contribution >= 0.6 is 0 Å². The molecule has 84 valence electrons. The van der Waals surface area contributed by atoms with Gasteiger partial charge in [0.05, 0.1) is 0 Å². The van der Waals surface area contributed by atoms with E-state index >= 15 is 0 Å². The molecule has 2 rings (SSSR count). The minimum atomic E-state index is 0.655. The maximum Gasteiger partial charge on any atom is 0.105 e. The van der Waals surface area contributed by atoms with Gasteiger partial charge in [0, 0.05) is 51.2 Å². The van der Waals surface area contributed by atoms with E-state index in [0.29, 0.717) is 6.04 Å². The lowest BCUT2D eigenvalue weighted by Crippen LogP contribution is -2.50. The predicted octanol–water partition coefficient (Wildman–Crippen LogP) is 0.485. The lowest BCUT2D eigenvalue weighted by molar-refractivity contribution is 0.167. The minimum Gasteiger partial charge on any atom is -0.334 e. The fraction of sp³-hybridized carbons (Fsp3) is 0.727. The molecular formula is C11H20N4. The van der Waals surface area contributed by atoms with Crippen molar-refractivity contribution in [3.8, 4) is 0 Å². The summed E-state index contributed by atoms with van der Waals surface area (Å²) in [7, 11) is 0. The van der Waals surface area contributed by atoms with Gasteiger partial charge in [-0.2, -0.15) is 0 Å². The van der Waals surface area contributed by atoms with Crippen LogP contribution in [-0.4, -0.2) is 46.7 Å². The summed E-state index contributed by atoms with van der Waals surface area (Å²) in [6, 6.07) is 0.655. The average Bonchev–Trinajstić information content (AvgIpc) is 2.63. The molecule has 0 radical (unpaired) electrons. The third kappa shape index (κ3) is 2.58. The number of rotatable bonds is 3. The first-order valence-corrected chi connectivity index (χ1v) is 5.70. The first kappa shape index (κ1) is 10.6. The molecule has 0 spiro atoms. The summed E-state index contributed by atoms with van der Waals surface area (Å²) in [6.45, 7) is 9.91. The van der Waals surface area contributed by atoms with E-state index in [-0.39, 0.29) is 0 Å². The van der Waals surface area contributed by atoms with Crippen LogP contribution in [-0.2, 0) is 6.54 Å². The average molecular weight is 208 g/mol. The molecule has 1 aromatic rings. The number of aromatic nitrogens is 2. The largest absolute Gasteiger partial charge is 0.334 e. The minimum absolute atomic E-state index is 0.655. The molecule has 1 aliphatic rings. The SMILES string of the molecule is Cc1nccn1CCN1CCNCC1C. The number of nitrogens with one attached hydrogen (secondary N) is 1. The van der Waals surface area contributed by atoms with Crippen molar-refractivity contribution in [2.75, 3.05) is 26.2 Å². The molecule has 1 fully saturated rings. The number of aryl methyl sites for hydroxylation is 1. The molecule has 0 bridgehead atoms. The van der Waals surface area contributed by atoms with Crippen molar-refractivity contribution in [3.05, 3.63) is 18.2 Å². The fourth-order valence-electron chi connectivity index (χ4n) is 2.09. The van der Waals surface area contributed by atoms with E-state index in [1.165, 1.54) is 0 Å². The van der Waals surface area contributed by atoms with E-state index < -0.39 is 0 Å². The summed E-state index contributed by atoms with van der Waals surface area (Å²) in [4.78, 5) is 6.77. The lowest BCUT2D eigenvalue weighted by atomic mass is 10.2. The highest BCUT2D eigenvalue weighted by Crippen LogP contribution is 2.03. The van der Waals surface area contributed by atoms with Gasteiger partial charge in [0.2, 0.25) is 0 Å². The molecule has 2 heterocycles. The maximum absolute atomic E-state index is 4.23. The van der Waals surface area contributed by atoms with Crippen molar-refractivity contribution in [1.82, 2.24) is 19.8 Å². The van der Waals surface area contributed by atoms with Gasteiger partial charge in [-0.3, -0.25) is 4.90 Å². The third-order valence-corrected chi connectivity index (χ3v) is 3.19. The second kappa shape index (κ2) is 4.77. The van der Waals surface area contributed by atoms with Crippen molar-refractivity contribution < 1.29 is 0 Å². The van der Waals surface area contributed by atoms with Crippen LogP contribution in [0.25, 0.3) is 0 Å². The molecular weight excluding hydrogens is 188 g/mol. The topological polar surface area (TPSA) is 33.1 Å². The van der Waals surface area contributed by atoms with E-state index in [1.54, 1.807) is 0 Å². The van der Waals surface area contributed by atoms with Crippen molar-refractivity contribution in [2.24, 2.45) is 0 Å². The van der Waals surface area contributed by atoms with Crippen LogP contribution in [0.15, 0.2) is 12.4 Å². The summed E-state index contributed by atoms with van der Waals surface area (Å²) < 4.78 is 2.22. The van der Waals surface area contributed by atoms with Crippen LogP contribution in [0, 0.1) is 6.92 Å². The molecule has 1 aromatic heterocycles. The van der Waals surface area contributed by atoms with E-state index in [0.717, 1.165) is 38.5 Å². The Morgan fingerprint density at radius 1 is 1.53 bits per heavy atom. The smallest absolute Gasteiger partial charge is 0.105 e. The molecule has 1 atom stereocenters. The summed E-state index contributed by atoms with van der Waals surface area (Å²) in [5.74, 6) is 1.11. The monoisotopic (exact) mass is 208 g/mol. The fourth-order valence-corrected chi connectivity index (χ4v) is 2.09. The Hall–Kier alpha value is -0.870. The van der Waals surface area contributed by atoms with E-state index in [4.69, 9.17) is 0 Å². The number of nitrogens with zero attached hydrogens (tertiary/aromatic N) is 3. The summed E-state index contributed by atoms with van der Waals surface area (Å²) >= 11 is 0. The molecule has 1 saturated heterocycles. The number of piperazine rings is 1. The van der Waals surface area contributed by atoms with Crippen molar-refractivity contribution in [1.29, 1.82) is 0 Å². The zero-order valence-corrected chi connectivity index (χ0v) is 9.61. The van der Waals surface area contributed by atoms with Gasteiger partial charge in [0.15, 0.2) is 0 Å². The first-order valence-electron chi connectivity index (χ1n) is 5.70. The van der Waals surface area contributed by atoms with Gasteiger partial charge >= 0.3 is 0 Å². The van der Waals surface area contributed by atoms with E-state index in [2.05, 4.69) is 39.8 Å². The Morgan fingerprint density at radius 3 is 3.07 bits per heavy atom. The van der Waals surface area contributed by atoms with E-state index in [1.807, 2.05) is 6.20 Å². The summed E-state index contributed by atoms with van der Waals surface area (Å²) in [5, 5.41) is 3.41. The Balaban J connectivity index is 1.84. The molecule has 1 aliphatic heterocycles. The molecule has 0 aliphatic carbocycles. The van der Waals surface area contributed by atoms with Crippen LogP contribution < -0.4 is 5.32 Å². The quantitative estimate of drug-likeness (QED) is 0.784. The van der Waals surface area contributed by atoms with Crippen LogP contribution in [0.2, 0.25) is 0 Å². The highest BCUT2D eigenvalue weighted by molar-refractivity contribution is 4.89. The molecule has 1 unspecified atom stereocenters. The van der Waals surface area contributed by atoms with Gasteiger partial charge in [-0.1, -0.05) is 0 Å². The standard InChI is InChI=1S/C11H20N4/c1-10-9-12-3-5-14(10)7-8-15-6-4-13-11(15)2/h4,6,10,12H,3,5,7-9H2,1-2H3. The van der Waals surface area contributed by atoms with Crippen molar-refractivity contribution >= 4 is 0 Å². The van der Waals surface area contributed by atoms with Crippen molar-refractivity contribution in [3.63, 3.8) is 0 Å². The van der Waals surface area contributed by atoms with Gasteiger partial charge < -0.3 is 9.88 Å². The van der Waals surface area contributed by atoms with Crippen molar-refractivity contribution in [2.45, 2.75) is 26.4 Å².